The minimum Gasteiger partial charge on any atom is -0.479 e. The van der Waals surface area contributed by atoms with Crippen LogP contribution in [0.2, 0.25) is 5.02 Å². The predicted octanol–water partition coefficient (Wildman–Crippen LogP) is 1.74. The van der Waals surface area contributed by atoms with Gasteiger partial charge in [0, 0.05) is 10.4 Å². The summed E-state index contributed by atoms with van der Waals surface area (Å²) >= 11 is 5.75. The molecule has 0 saturated heterocycles. The molecule has 1 unspecified atom stereocenters. The maximum Gasteiger partial charge on any atom is 0.330 e. The number of carbonyl (C=O) groups is 3. The number of aliphatic carboxylic acids is 1. The first-order chi connectivity index (χ1) is 10.1. The molecule has 0 aliphatic carbocycles. The van der Waals surface area contributed by atoms with Crippen LogP contribution in [-0.2, 0) is 14.4 Å². The molecule has 1 aromatic carbocycles. The second-order valence-corrected chi connectivity index (χ2v) is 6.26. The number of hydrogen-bond acceptors (Lipinski definition) is 3. The van der Waals surface area contributed by atoms with E-state index in [0.717, 1.165) is 0 Å². The first-order valence-electron chi connectivity index (χ1n) is 6.67. The fourth-order valence-electron chi connectivity index (χ4n) is 1.58. The molecular formula is C15H19ClN2O4. The molecule has 1 aromatic rings. The van der Waals surface area contributed by atoms with Gasteiger partial charge in [0.15, 0.2) is 6.04 Å². The lowest BCUT2D eigenvalue weighted by Gasteiger charge is -2.19. The van der Waals surface area contributed by atoms with Crippen molar-refractivity contribution >= 4 is 29.4 Å². The molecule has 0 aliphatic rings. The van der Waals surface area contributed by atoms with E-state index in [2.05, 4.69) is 10.6 Å². The summed E-state index contributed by atoms with van der Waals surface area (Å²) in [4.78, 5) is 34.8. The van der Waals surface area contributed by atoms with E-state index in [1.165, 1.54) is 12.1 Å². The van der Waals surface area contributed by atoms with Crippen molar-refractivity contribution in [1.82, 2.24) is 10.6 Å². The van der Waals surface area contributed by atoms with Crippen molar-refractivity contribution < 1.29 is 19.5 Å². The Labute approximate surface area is 133 Å². The number of halogens is 1. The summed E-state index contributed by atoms with van der Waals surface area (Å²) in [5, 5.41) is 14.5. The van der Waals surface area contributed by atoms with Crippen LogP contribution in [-0.4, -0.2) is 29.4 Å². The molecule has 7 heteroatoms. The van der Waals surface area contributed by atoms with Crippen molar-refractivity contribution in [2.75, 3.05) is 6.54 Å². The van der Waals surface area contributed by atoms with Crippen molar-refractivity contribution in [1.29, 1.82) is 0 Å². The average Bonchev–Trinajstić information content (AvgIpc) is 2.42. The van der Waals surface area contributed by atoms with E-state index in [4.69, 9.17) is 11.6 Å². The minimum absolute atomic E-state index is 0.284. The Bertz CT molecular complexity index is 564. The molecule has 0 aromatic heterocycles. The second-order valence-electron chi connectivity index (χ2n) is 5.82. The molecule has 1 rings (SSSR count). The van der Waals surface area contributed by atoms with Crippen molar-refractivity contribution in [3.8, 4) is 0 Å². The highest BCUT2D eigenvalue weighted by Gasteiger charge is 2.24. The van der Waals surface area contributed by atoms with Gasteiger partial charge in [-0.1, -0.05) is 44.5 Å². The van der Waals surface area contributed by atoms with Crippen LogP contribution in [0.5, 0.6) is 0 Å². The van der Waals surface area contributed by atoms with Gasteiger partial charge >= 0.3 is 5.97 Å². The van der Waals surface area contributed by atoms with E-state index >= 15 is 0 Å². The largest absolute Gasteiger partial charge is 0.479 e. The lowest BCUT2D eigenvalue weighted by molar-refractivity contribution is -0.142. The Hall–Kier alpha value is -2.08. The molecule has 0 bridgehead atoms. The minimum atomic E-state index is -1.20. The fraction of sp³-hybridized carbons (Fsp3) is 0.400. The number of carboxylic acid groups (broad SMARTS) is 1. The molecule has 0 saturated carbocycles. The highest BCUT2D eigenvalue weighted by Crippen LogP contribution is 2.17. The van der Waals surface area contributed by atoms with E-state index in [0.29, 0.717) is 10.6 Å². The third kappa shape index (κ3) is 5.37. The van der Waals surface area contributed by atoms with Crippen LogP contribution in [0, 0.1) is 5.41 Å². The Morgan fingerprint density at radius 2 is 1.73 bits per heavy atom. The third-order valence-electron chi connectivity index (χ3n) is 2.85. The molecule has 0 heterocycles. The Kier molecular flexibility index (Phi) is 5.93. The van der Waals surface area contributed by atoms with E-state index < -0.39 is 23.3 Å². The van der Waals surface area contributed by atoms with Crippen LogP contribution in [0.1, 0.15) is 32.4 Å². The van der Waals surface area contributed by atoms with Crippen molar-refractivity contribution in [2.45, 2.75) is 26.8 Å². The average molecular weight is 327 g/mol. The Morgan fingerprint density at radius 3 is 2.18 bits per heavy atom. The Morgan fingerprint density at radius 1 is 1.18 bits per heavy atom. The topological polar surface area (TPSA) is 95.5 Å². The quantitative estimate of drug-likeness (QED) is 0.768. The summed E-state index contributed by atoms with van der Waals surface area (Å²) in [6, 6.07) is 4.93. The van der Waals surface area contributed by atoms with E-state index in [1.54, 1.807) is 32.9 Å². The zero-order valence-electron chi connectivity index (χ0n) is 12.6. The summed E-state index contributed by atoms with van der Waals surface area (Å²) in [5.74, 6) is -2.07. The van der Waals surface area contributed by atoms with Crippen molar-refractivity contribution in [3.05, 3.63) is 34.9 Å². The Balaban J connectivity index is 2.68. The summed E-state index contributed by atoms with van der Waals surface area (Å²) in [6.45, 7) is 4.86. The van der Waals surface area contributed by atoms with Gasteiger partial charge in [-0.05, 0) is 17.7 Å². The summed E-state index contributed by atoms with van der Waals surface area (Å²) in [5.41, 5.74) is -0.227. The number of nitrogens with one attached hydrogen (secondary N) is 2. The molecule has 0 spiro atoms. The molecule has 0 fully saturated rings. The van der Waals surface area contributed by atoms with Gasteiger partial charge in [-0.25, -0.2) is 4.79 Å². The zero-order chi connectivity index (χ0) is 16.9. The van der Waals surface area contributed by atoms with Crippen molar-refractivity contribution in [2.24, 2.45) is 5.41 Å². The number of rotatable bonds is 5. The molecule has 22 heavy (non-hydrogen) atoms. The highest BCUT2D eigenvalue weighted by atomic mass is 35.5. The van der Waals surface area contributed by atoms with Crippen LogP contribution >= 0.6 is 11.6 Å². The fourth-order valence-corrected chi connectivity index (χ4v) is 1.71. The van der Waals surface area contributed by atoms with Gasteiger partial charge < -0.3 is 15.7 Å². The zero-order valence-corrected chi connectivity index (χ0v) is 13.4. The summed E-state index contributed by atoms with van der Waals surface area (Å²) < 4.78 is 0. The van der Waals surface area contributed by atoms with Gasteiger partial charge in [0.1, 0.15) is 0 Å². The lowest BCUT2D eigenvalue weighted by atomic mass is 9.96. The monoisotopic (exact) mass is 326 g/mol. The first-order valence-corrected chi connectivity index (χ1v) is 7.05. The van der Waals surface area contributed by atoms with Crippen LogP contribution in [0.15, 0.2) is 24.3 Å². The van der Waals surface area contributed by atoms with E-state index in [9.17, 15) is 19.5 Å². The maximum atomic E-state index is 11.8. The van der Waals surface area contributed by atoms with Gasteiger partial charge in [0.2, 0.25) is 11.8 Å². The lowest BCUT2D eigenvalue weighted by Crippen LogP contribution is -2.43. The molecule has 1 atom stereocenters. The predicted molar refractivity (Wildman–Crippen MR) is 82.4 cm³/mol. The standard InChI is InChI=1S/C15H19ClN2O4/c1-15(2,3)14(22)17-8-11(19)18-12(13(20)21)9-4-6-10(16)7-5-9/h4-7,12H,8H2,1-3H3,(H,17,22)(H,18,19)(H,20,21). The molecule has 6 nitrogen and oxygen atoms in total. The van der Waals surface area contributed by atoms with Gasteiger partial charge in [-0.15, -0.1) is 0 Å². The summed E-state index contributed by atoms with van der Waals surface area (Å²) in [6.07, 6.45) is 0. The van der Waals surface area contributed by atoms with Gasteiger partial charge in [-0.2, -0.15) is 0 Å². The molecule has 0 aliphatic heterocycles. The number of amides is 2. The summed E-state index contributed by atoms with van der Waals surface area (Å²) in [7, 11) is 0. The third-order valence-corrected chi connectivity index (χ3v) is 3.10. The maximum absolute atomic E-state index is 11.8. The smallest absolute Gasteiger partial charge is 0.330 e. The second kappa shape index (κ2) is 7.26. The molecule has 2 amide bonds. The van der Waals surface area contributed by atoms with Crippen LogP contribution in [0.4, 0.5) is 0 Å². The number of carboxylic acids is 1. The first kappa shape index (κ1) is 18.0. The van der Waals surface area contributed by atoms with Crippen LogP contribution in [0.3, 0.4) is 0 Å². The van der Waals surface area contributed by atoms with E-state index in [-0.39, 0.29) is 12.5 Å². The van der Waals surface area contributed by atoms with Crippen LogP contribution in [0.25, 0.3) is 0 Å². The normalized spacial score (nSPS) is 12.4. The molecular weight excluding hydrogens is 308 g/mol. The van der Waals surface area contributed by atoms with Gasteiger partial charge in [-0.3, -0.25) is 9.59 Å². The highest BCUT2D eigenvalue weighted by molar-refractivity contribution is 6.30. The molecule has 120 valence electrons. The van der Waals surface area contributed by atoms with Gasteiger partial charge in [0.05, 0.1) is 6.54 Å². The number of hydrogen-bond donors (Lipinski definition) is 3. The van der Waals surface area contributed by atoms with Crippen molar-refractivity contribution in [3.63, 3.8) is 0 Å². The SMILES string of the molecule is CC(C)(C)C(=O)NCC(=O)NC(C(=O)O)c1ccc(Cl)cc1. The molecule has 3 N–H and O–H groups in total. The molecule has 0 radical (unpaired) electrons. The van der Waals surface area contributed by atoms with E-state index in [1.807, 2.05) is 0 Å². The number of benzene rings is 1. The number of carbonyl (C=O) groups excluding carboxylic acids is 2. The van der Waals surface area contributed by atoms with Gasteiger partial charge in [0.25, 0.3) is 0 Å². The van der Waals surface area contributed by atoms with Crippen LogP contribution < -0.4 is 10.6 Å².